The number of anilines is 1. The van der Waals surface area contributed by atoms with Crippen LogP contribution in [-0.2, 0) is 4.79 Å². The Hall–Kier alpha value is -1.32. The minimum Gasteiger partial charge on any atom is -0.268 e. The topological polar surface area (TPSA) is 46.3 Å². The van der Waals surface area contributed by atoms with E-state index < -0.39 is 0 Å². The largest absolute Gasteiger partial charge is 0.268 e. The third-order valence-corrected chi connectivity index (χ3v) is 6.04. The smallest absolute Gasteiger partial charge is 0.268 e. The van der Waals surface area contributed by atoms with Gasteiger partial charge in [-0.05, 0) is 41.7 Å². The predicted molar refractivity (Wildman–Crippen MR) is 85.8 cm³/mol. The van der Waals surface area contributed by atoms with Gasteiger partial charge in [-0.1, -0.05) is 50.6 Å². The fraction of sp³-hybridized carbons (Fsp3) is 0.471. The van der Waals surface area contributed by atoms with Crippen molar-refractivity contribution in [2.45, 2.75) is 33.6 Å². The Bertz CT molecular complexity index is 637. The van der Waals surface area contributed by atoms with E-state index in [0.717, 1.165) is 18.4 Å². The number of benzene rings is 1. The number of amides is 1. The van der Waals surface area contributed by atoms with E-state index >= 15 is 0 Å². The van der Waals surface area contributed by atoms with E-state index in [0.29, 0.717) is 10.7 Å². The average Bonchev–Trinajstić information content (AvgIpc) is 2.79. The maximum absolute atomic E-state index is 12.8. The molecule has 3 nitrogen and oxygen atoms in total. The lowest BCUT2D eigenvalue weighted by atomic mass is 9.70. The molecule has 0 radical (unpaired) electrons. The van der Waals surface area contributed by atoms with Crippen molar-refractivity contribution in [3.8, 4) is 0 Å². The SMILES string of the molecule is CC1(C)C2CC[C@]1(C)C=C2C(=O)N(N)c1ccccc1Cl. The Morgan fingerprint density at radius 1 is 1.33 bits per heavy atom. The number of hydrogen-bond donors (Lipinski definition) is 1. The zero-order valence-electron chi connectivity index (χ0n) is 12.7. The lowest BCUT2D eigenvalue weighted by Crippen LogP contribution is -2.40. The molecule has 2 aliphatic carbocycles. The van der Waals surface area contributed by atoms with Crippen molar-refractivity contribution in [2.75, 3.05) is 5.01 Å². The van der Waals surface area contributed by atoms with Gasteiger partial charge >= 0.3 is 0 Å². The quantitative estimate of drug-likeness (QED) is 0.511. The molecule has 21 heavy (non-hydrogen) atoms. The average molecular weight is 305 g/mol. The van der Waals surface area contributed by atoms with Crippen LogP contribution in [0.1, 0.15) is 33.6 Å². The summed E-state index contributed by atoms with van der Waals surface area (Å²) in [5, 5.41) is 1.68. The summed E-state index contributed by atoms with van der Waals surface area (Å²) in [5.41, 5.74) is 1.59. The number of rotatable bonds is 2. The van der Waals surface area contributed by atoms with Crippen molar-refractivity contribution >= 4 is 23.2 Å². The highest BCUT2D eigenvalue weighted by Gasteiger charge is 2.57. The second-order valence-corrected chi connectivity index (χ2v) is 7.36. The summed E-state index contributed by atoms with van der Waals surface area (Å²) in [6.45, 7) is 6.74. The van der Waals surface area contributed by atoms with E-state index in [9.17, 15) is 4.79 Å². The van der Waals surface area contributed by atoms with Crippen LogP contribution in [0.25, 0.3) is 0 Å². The summed E-state index contributed by atoms with van der Waals surface area (Å²) < 4.78 is 0. The first kappa shape index (κ1) is 14.6. The summed E-state index contributed by atoms with van der Waals surface area (Å²) in [6, 6.07) is 7.16. The van der Waals surface area contributed by atoms with Gasteiger partial charge in [0.15, 0.2) is 0 Å². The van der Waals surface area contributed by atoms with Gasteiger partial charge < -0.3 is 0 Å². The van der Waals surface area contributed by atoms with Crippen LogP contribution in [0.4, 0.5) is 5.69 Å². The Morgan fingerprint density at radius 3 is 2.52 bits per heavy atom. The van der Waals surface area contributed by atoms with Crippen LogP contribution in [0.15, 0.2) is 35.9 Å². The molecule has 0 spiro atoms. The molecule has 1 aromatic rings. The molecular weight excluding hydrogens is 284 g/mol. The third kappa shape index (κ3) is 1.95. The normalized spacial score (nSPS) is 29.4. The number of allylic oxidation sites excluding steroid dienone is 1. The summed E-state index contributed by atoms with van der Waals surface area (Å²) in [6.07, 6.45) is 4.33. The molecule has 3 rings (SSSR count). The minimum absolute atomic E-state index is 0.0873. The molecule has 1 fully saturated rings. The second kappa shape index (κ2) is 4.59. The van der Waals surface area contributed by atoms with Gasteiger partial charge in [0.2, 0.25) is 0 Å². The fourth-order valence-corrected chi connectivity index (χ4v) is 4.10. The van der Waals surface area contributed by atoms with Crippen LogP contribution in [-0.4, -0.2) is 5.91 Å². The summed E-state index contributed by atoms with van der Waals surface area (Å²) >= 11 is 6.14. The molecule has 1 amide bonds. The van der Waals surface area contributed by atoms with Gasteiger partial charge in [-0.15, -0.1) is 0 Å². The maximum Gasteiger partial charge on any atom is 0.268 e. The minimum atomic E-state index is -0.135. The lowest BCUT2D eigenvalue weighted by molar-refractivity contribution is -0.115. The van der Waals surface area contributed by atoms with Gasteiger partial charge in [-0.3, -0.25) is 4.79 Å². The number of para-hydroxylation sites is 1. The molecule has 0 heterocycles. The van der Waals surface area contributed by atoms with Crippen LogP contribution in [0, 0.1) is 16.7 Å². The second-order valence-electron chi connectivity index (χ2n) is 6.96. The number of carbonyl (C=O) groups is 1. The van der Waals surface area contributed by atoms with Gasteiger partial charge in [0, 0.05) is 5.57 Å². The van der Waals surface area contributed by atoms with Crippen LogP contribution < -0.4 is 10.9 Å². The molecule has 2 bridgehead atoms. The predicted octanol–water partition coefficient (Wildman–Crippen LogP) is 3.93. The maximum atomic E-state index is 12.8. The molecule has 4 heteroatoms. The molecular formula is C17H21ClN2O. The van der Waals surface area contributed by atoms with Gasteiger partial charge in [-0.2, -0.15) is 0 Å². The molecule has 112 valence electrons. The van der Waals surface area contributed by atoms with Gasteiger partial charge in [0.05, 0.1) is 10.7 Å². The highest BCUT2D eigenvalue weighted by Crippen LogP contribution is 2.64. The first-order valence-electron chi connectivity index (χ1n) is 7.34. The molecule has 1 unspecified atom stereocenters. The van der Waals surface area contributed by atoms with Gasteiger partial charge in [0.25, 0.3) is 5.91 Å². The number of fused-ring (bicyclic) bond motifs is 2. The summed E-state index contributed by atoms with van der Waals surface area (Å²) in [4.78, 5) is 12.8. The first-order chi connectivity index (χ1) is 9.78. The summed E-state index contributed by atoms with van der Waals surface area (Å²) in [7, 11) is 0. The number of hydrogen-bond acceptors (Lipinski definition) is 2. The molecule has 1 saturated carbocycles. The number of nitrogens with zero attached hydrogens (tertiary/aromatic N) is 1. The standard InChI is InChI=1S/C17H21ClN2O/c1-16(2)12-8-9-17(16,3)10-11(12)15(21)20(19)14-7-5-4-6-13(14)18/h4-7,10,12H,8-9,19H2,1-3H3/t12?,17-/m1/s1. The number of hydrazine groups is 1. The van der Waals surface area contributed by atoms with E-state index in [4.69, 9.17) is 17.4 Å². The van der Waals surface area contributed by atoms with Gasteiger partial charge in [0.1, 0.15) is 0 Å². The van der Waals surface area contributed by atoms with E-state index in [2.05, 4.69) is 26.8 Å². The van der Waals surface area contributed by atoms with Crippen LogP contribution >= 0.6 is 11.6 Å². The van der Waals surface area contributed by atoms with Crippen molar-refractivity contribution in [3.05, 3.63) is 40.9 Å². The summed E-state index contributed by atoms with van der Waals surface area (Å²) in [5.74, 6) is 6.19. The monoisotopic (exact) mass is 304 g/mol. The highest BCUT2D eigenvalue weighted by atomic mass is 35.5. The van der Waals surface area contributed by atoms with E-state index in [-0.39, 0.29) is 22.7 Å². The highest BCUT2D eigenvalue weighted by molar-refractivity contribution is 6.34. The molecule has 0 saturated heterocycles. The molecule has 1 aromatic carbocycles. The number of nitrogens with two attached hydrogens (primary N) is 1. The molecule has 2 N–H and O–H groups in total. The number of halogens is 1. The van der Waals surface area contributed by atoms with Crippen molar-refractivity contribution in [1.82, 2.24) is 0 Å². The van der Waals surface area contributed by atoms with Crippen molar-refractivity contribution in [2.24, 2.45) is 22.6 Å². The number of carbonyl (C=O) groups excluding carboxylic acids is 1. The molecule has 2 atom stereocenters. The zero-order valence-corrected chi connectivity index (χ0v) is 13.4. The van der Waals surface area contributed by atoms with Crippen molar-refractivity contribution in [1.29, 1.82) is 0 Å². The Morgan fingerprint density at radius 2 is 2.00 bits per heavy atom. The van der Waals surface area contributed by atoms with Gasteiger partial charge in [-0.25, -0.2) is 10.9 Å². The lowest BCUT2D eigenvalue weighted by Gasteiger charge is -2.34. The van der Waals surface area contributed by atoms with E-state index in [1.807, 2.05) is 12.1 Å². The van der Waals surface area contributed by atoms with Crippen LogP contribution in [0.5, 0.6) is 0 Å². The van der Waals surface area contributed by atoms with Crippen molar-refractivity contribution in [3.63, 3.8) is 0 Å². The zero-order chi connectivity index (χ0) is 15.4. The fourth-order valence-electron chi connectivity index (χ4n) is 3.88. The Kier molecular flexibility index (Phi) is 3.19. The van der Waals surface area contributed by atoms with Crippen molar-refractivity contribution < 1.29 is 4.79 Å². The molecule has 2 aliphatic rings. The van der Waals surface area contributed by atoms with Crippen LogP contribution in [0.3, 0.4) is 0 Å². The van der Waals surface area contributed by atoms with E-state index in [1.54, 1.807) is 12.1 Å². The molecule has 0 aliphatic heterocycles. The Labute approximate surface area is 130 Å². The first-order valence-corrected chi connectivity index (χ1v) is 7.72. The Balaban J connectivity index is 1.93. The van der Waals surface area contributed by atoms with Crippen LogP contribution in [0.2, 0.25) is 5.02 Å². The van der Waals surface area contributed by atoms with E-state index in [1.165, 1.54) is 5.01 Å². The molecule has 0 aromatic heterocycles. The third-order valence-electron chi connectivity index (χ3n) is 5.72.